The van der Waals surface area contributed by atoms with E-state index in [0.29, 0.717) is 12.5 Å². The van der Waals surface area contributed by atoms with Gasteiger partial charge in [-0.15, -0.1) is 10.2 Å². The van der Waals surface area contributed by atoms with E-state index < -0.39 is 17.5 Å². The number of ether oxygens (including phenoxy) is 1. The molecule has 0 atom stereocenters. The molecule has 0 aliphatic carbocycles. The second-order valence-corrected chi connectivity index (χ2v) is 7.30. The Kier molecular flexibility index (Phi) is 6.62. The lowest BCUT2D eigenvalue weighted by molar-refractivity contribution is -0.117. The molecule has 1 aromatic heterocycles. The lowest BCUT2D eigenvalue weighted by Crippen LogP contribution is -2.48. The van der Waals surface area contributed by atoms with Crippen LogP contribution in [0, 0.1) is 0 Å². The molecular weight excluding hydrogens is 356 g/mol. The van der Waals surface area contributed by atoms with Crippen LogP contribution in [0.3, 0.4) is 0 Å². The third-order valence-electron chi connectivity index (χ3n) is 2.89. The van der Waals surface area contributed by atoms with Crippen molar-refractivity contribution in [3.63, 3.8) is 0 Å². The SMILES string of the molecule is CCOc1ccc(-c2nnc(SCC(=O)NC(=O)NC(C)(C)C)o2)cc1. The Bertz CT molecular complexity index is 753. The van der Waals surface area contributed by atoms with Gasteiger partial charge in [-0.3, -0.25) is 10.1 Å². The van der Waals surface area contributed by atoms with Crippen LogP contribution in [0.2, 0.25) is 0 Å². The molecule has 0 fully saturated rings. The zero-order valence-corrected chi connectivity index (χ0v) is 16.0. The average molecular weight is 378 g/mol. The van der Waals surface area contributed by atoms with Crippen LogP contribution in [0.15, 0.2) is 33.9 Å². The molecule has 1 heterocycles. The summed E-state index contributed by atoms with van der Waals surface area (Å²) in [5, 5.41) is 13.0. The van der Waals surface area contributed by atoms with Crippen molar-refractivity contribution in [3.05, 3.63) is 24.3 Å². The molecule has 0 saturated carbocycles. The summed E-state index contributed by atoms with van der Waals surface area (Å²) >= 11 is 1.06. The van der Waals surface area contributed by atoms with Crippen molar-refractivity contribution in [2.24, 2.45) is 0 Å². The molecule has 0 spiro atoms. The number of amides is 3. The number of nitrogens with one attached hydrogen (secondary N) is 2. The van der Waals surface area contributed by atoms with E-state index in [-0.39, 0.29) is 11.0 Å². The lowest BCUT2D eigenvalue weighted by atomic mass is 10.1. The number of hydrogen-bond donors (Lipinski definition) is 2. The molecule has 26 heavy (non-hydrogen) atoms. The number of imide groups is 1. The molecule has 0 aliphatic heterocycles. The Balaban J connectivity index is 1.86. The molecule has 2 rings (SSSR count). The number of nitrogens with zero attached hydrogens (tertiary/aromatic N) is 2. The van der Waals surface area contributed by atoms with Gasteiger partial charge in [-0.1, -0.05) is 11.8 Å². The van der Waals surface area contributed by atoms with Gasteiger partial charge in [0.25, 0.3) is 5.22 Å². The predicted octanol–water partition coefficient (Wildman–Crippen LogP) is 2.85. The Hall–Kier alpha value is -2.55. The summed E-state index contributed by atoms with van der Waals surface area (Å²) in [6, 6.07) is 6.73. The average Bonchev–Trinajstić information content (AvgIpc) is 3.01. The molecule has 3 amide bonds. The van der Waals surface area contributed by atoms with Crippen molar-refractivity contribution < 1.29 is 18.7 Å². The summed E-state index contributed by atoms with van der Waals surface area (Å²) in [6.07, 6.45) is 0. The summed E-state index contributed by atoms with van der Waals surface area (Å²) in [4.78, 5) is 23.4. The number of hydrogen-bond acceptors (Lipinski definition) is 7. The fourth-order valence-corrected chi connectivity index (χ4v) is 2.47. The Morgan fingerprint density at radius 2 is 1.88 bits per heavy atom. The standard InChI is InChI=1S/C17H22N4O4S/c1-5-24-12-8-6-11(7-9-12)14-20-21-16(25-14)26-10-13(22)18-15(23)19-17(2,3)4/h6-9H,5,10H2,1-4H3,(H2,18,19,22,23). The van der Waals surface area contributed by atoms with Gasteiger partial charge in [0, 0.05) is 11.1 Å². The van der Waals surface area contributed by atoms with Crippen molar-refractivity contribution in [1.82, 2.24) is 20.8 Å². The van der Waals surface area contributed by atoms with Gasteiger partial charge < -0.3 is 14.5 Å². The van der Waals surface area contributed by atoms with Crippen molar-refractivity contribution in [1.29, 1.82) is 0 Å². The van der Waals surface area contributed by atoms with E-state index in [2.05, 4.69) is 20.8 Å². The molecular formula is C17H22N4O4S. The second kappa shape index (κ2) is 8.70. The maximum Gasteiger partial charge on any atom is 0.321 e. The number of thioether (sulfide) groups is 1. The highest BCUT2D eigenvalue weighted by molar-refractivity contribution is 7.99. The van der Waals surface area contributed by atoms with E-state index in [4.69, 9.17) is 9.15 Å². The highest BCUT2D eigenvalue weighted by Crippen LogP contribution is 2.24. The Morgan fingerprint density at radius 3 is 2.50 bits per heavy atom. The van der Waals surface area contributed by atoms with Gasteiger partial charge in [0.15, 0.2) is 0 Å². The van der Waals surface area contributed by atoms with E-state index >= 15 is 0 Å². The fraction of sp³-hybridized carbons (Fsp3) is 0.412. The quantitative estimate of drug-likeness (QED) is 0.744. The molecule has 0 saturated heterocycles. The van der Waals surface area contributed by atoms with Gasteiger partial charge in [-0.05, 0) is 52.0 Å². The summed E-state index contributed by atoms with van der Waals surface area (Å²) in [5.74, 6) is 0.650. The third-order valence-corrected chi connectivity index (χ3v) is 3.71. The van der Waals surface area contributed by atoms with Crippen LogP contribution in [0.1, 0.15) is 27.7 Å². The van der Waals surface area contributed by atoms with E-state index in [0.717, 1.165) is 23.1 Å². The first kappa shape index (κ1) is 19.8. The zero-order valence-electron chi connectivity index (χ0n) is 15.2. The van der Waals surface area contributed by atoms with Crippen LogP contribution in [-0.2, 0) is 4.79 Å². The van der Waals surface area contributed by atoms with Crippen LogP contribution >= 0.6 is 11.8 Å². The van der Waals surface area contributed by atoms with Crippen molar-refractivity contribution in [2.75, 3.05) is 12.4 Å². The number of carbonyl (C=O) groups excluding carboxylic acids is 2. The van der Waals surface area contributed by atoms with Crippen LogP contribution < -0.4 is 15.4 Å². The molecule has 140 valence electrons. The van der Waals surface area contributed by atoms with Gasteiger partial charge >= 0.3 is 6.03 Å². The molecule has 0 bridgehead atoms. The zero-order chi connectivity index (χ0) is 19.2. The van der Waals surface area contributed by atoms with Crippen LogP contribution in [0.5, 0.6) is 5.75 Å². The van der Waals surface area contributed by atoms with E-state index in [9.17, 15) is 9.59 Å². The minimum absolute atomic E-state index is 0.0114. The first-order chi connectivity index (χ1) is 12.3. The van der Waals surface area contributed by atoms with Gasteiger partial charge in [0.1, 0.15) is 5.75 Å². The molecule has 0 unspecified atom stereocenters. The Labute approximate surface area is 156 Å². The number of aromatic nitrogens is 2. The monoisotopic (exact) mass is 378 g/mol. The number of urea groups is 1. The highest BCUT2D eigenvalue weighted by Gasteiger charge is 2.17. The fourth-order valence-electron chi connectivity index (χ4n) is 1.91. The van der Waals surface area contributed by atoms with E-state index in [1.54, 1.807) is 0 Å². The maximum absolute atomic E-state index is 11.8. The minimum Gasteiger partial charge on any atom is -0.494 e. The van der Waals surface area contributed by atoms with Gasteiger partial charge in [0.2, 0.25) is 11.8 Å². The first-order valence-corrected chi connectivity index (χ1v) is 9.07. The summed E-state index contributed by atoms with van der Waals surface area (Å²) in [6.45, 7) is 7.99. The van der Waals surface area contributed by atoms with Gasteiger partial charge in [-0.25, -0.2) is 4.79 Å². The maximum atomic E-state index is 11.8. The summed E-state index contributed by atoms with van der Waals surface area (Å²) in [7, 11) is 0. The van der Waals surface area contributed by atoms with Crippen LogP contribution in [0.25, 0.3) is 11.5 Å². The first-order valence-electron chi connectivity index (χ1n) is 8.08. The van der Waals surface area contributed by atoms with E-state index in [1.165, 1.54) is 0 Å². The molecule has 0 aliphatic rings. The van der Waals surface area contributed by atoms with Gasteiger partial charge in [-0.2, -0.15) is 0 Å². The van der Waals surface area contributed by atoms with Crippen molar-refractivity contribution in [3.8, 4) is 17.2 Å². The third kappa shape index (κ3) is 6.40. The minimum atomic E-state index is -0.538. The molecule has 9 heteroatoms. The topological polar surface area (TPSA) is 106 Å². The molecule has 8 nitrogen and oxygen atoms in total. The lowest BCUT2D eigenvalue weighted by Gasteiger charge is -2.20. The molecule has 0 radical (unpaired) electrons. The van der Waals surface area contributed by atoms with Crippen molar-refractivity contribution >= 4 is 23.7 Å². The van der Waals surface area contributed by atoms with Crippen LogP contribution in [0.4, 0.5) is 4.79 Å². The van der Waals surface area contributed by atoms with Gasteiger partial charge in [0.05, 0.1) is 12.4 Å². The number of rotatable bonds is 6. The summed E-state index contributed by atoms with van der Waals surface area (Å²) < 4.78 is 10.9. The smallest absolute Gasteiger partial charge is 0.321 e. The van der Waals surface area contributed by atoms with E-state index in [1.807, 2.05) is 52.0 Å². The predicted molar refractivity (Wildman–Crippen MR) is 98.1 cm³/mol. The molecule has 1 aromatic carbocycles. The normalized spacial score (nSPS) is 11.1. The number of carbonyl (C=O) groups is 2. The van der Waals surface area contributed by atoms with Crippen LogP contribution in [-0.4, -0.2) is 40.0 Å². The van der Waals surface area contributed by atoms with Crippen molar-refractivity contribution in [2.45, 2.75) is 38.5 Å². The molecule has 2 N–H and O–H groups in total. The molecule has 2 aromatic rings. The highest BCUT2D eigenvalue weighted by atomic mass is 32.2. The second-order valence-electron chi connectivity index (χ2n) is 6.37. The summed E-state index contributed by atoms with van der Waals surface area (Å²) in [5.41, 5.74) is 0.332. The number of benzene rings is 1. The Morgan fingerprint density at radius 1 is 1.19 bits per heavy atom. The largest absolute Gasteiger partial charge is 0.494 e.